The molecule has 1 heterocycles. The van der Waals surface area contributed by atoms with Crippen molar-refractivity contribution in [2.24, 2.45) is 11.7 Å². The van der Waals surface area contributed by atoms with Gasteiger partial charge in [-0.2, -0.15) is 0 Å². The van der Waals surface area contributed by atoms with Gasteiger partial charge < -0.3 is 11.1 Å². The Morgan fingerprint density at radius 3 is 2.90 bits per heavy atom. The van der Waals surface area contributed by atoms with Crippen LogP contribution in [0.3, 0.4) is 0 Å². The Balaban J connectivity index is 1.84. The Morgan fingerprint density at radius 1 is 1.50 bits per heavy atom. The predicted molar refractivity (Wildman–Crippen MR) is 81.3 cm³/mol. The maximum atomic E-state index is 12.1. The Hall–Kier alpha value is -1.39. The molecule has 0 aliphatic carbocycles. The van der Waals surface area contributed by atoms with Gasteiger partial charge >= 0.3 is 0 Å². The first-order valence-corrected chi connectivity index (χ1v) is 7.37. The van der Waals surface area contributed by atoms with Gasteiger partial charge in [0.2, 0.25) is 5.91 Å². The highest BCUT2D eigenvalue weighted by atomic mass is 16.2. The number of amides is 1. The van der Waals surface area contributed by atoms with E-state index >= 15 is 0 Å². The fourth-order valence-corrected chi connectivity index (χ4v) is 2.89. The summed E-state index contributed by atoms with van der Waals surface area (Å²) in [5.41, 5.74) is 8.07. The number of carbonyl (C=O) groups is 1. The van der Waals surface area contributed by atoms with E-state index in [4.69, 9.17) is 5.73 Å². The minimum atomic E-state index is 0.0524. The van der Waals surface area contributed by atoms with Crippen molar-refractivity contribution in [1.29, 1.82) is 0 Å². The van der Waals surface area contributed by atoms with Gasteiger partial charge in [-0.15, -0.1) is 0 Å². The van der Waals surface area contributed by atoms with E-state index in [1.807, 2.05) is 19.1 Å². The van der Waals surface area contributed by atoms with E-state index in [2.05, 4.69) is 29.3 Å². The number of nitrogens with one attached hydrogen (secondary N) is 1. The third-order valence-corrected chi connectivity index (χ3v) is 4.10. The summed E-state index contributed by atoms with van der Waals surface area (Å²) in [6, 6.07) is 8.23. The van der Waals surface area contributed by atoms with Crippen molar-refractivity contribution in [3.63, 3.8) is 0 Å². The van der Waals surface area contributed by atoms with E-state index in [-0.39, 0.29) is 11.9 Å². The van der Waals surface area contributed by atoms with Crippen LogP contribution in [-0.4, -0.2) is 37.0 Å². The van der Waals surface area contributed by atoms with Gasteiger partial charge in [0, 0.05) is 6.54 Å². The molecule has 3 N–H and O–H groups in total. The van der Waals surface area contributed by atoms with Crippen molar-refractivity contribution in [3.05, 3.63) is 35.4 Å². The van der Waals surface area contributed by atoms with Crippen molar-refractivity contribution in [2.75, 3.05) is 26.2 Å². The Morgan fingerprint density at radius 2 is 2.25 bits per heavy atom. The van der Waals surface area contributed by atoms with Crippen molar-refractivity contribution >= 4 is 5.91 Å². The second kappa shape index (κ2) is 6.86. The first kappa shape index (κ1) is 15.0. The van der Waals surface area contributed by atoms with E-state index < -0.39 is 0 Å². The topological polar surface area (TPSA) is 58.4 Å². The van der Waals surface area contributed by atoms with Gasteiger partial charge in [-0.1, -0.05) is 24.3 Å². The average molecular weight is 275 g/mol. The molecule has 2 atom stereocenters. The largest absolute Gasteiger partial charge is 0.348 e. The smallest absolute Gasteiger partial charge is 0.234 e. The Bertz CT molecular complexity index is 461. The Kier molecular flexibility index (Phi) is 5.15. The molecule has 0 spiro atoms. The van der Waals surface area contributed by atoms with Gasteiger partial charge in [0.05, 0.1) is 12.6 Å². The molecule has 1 saturated heterocycles. The molecule has 0 aromatic heterocycles. The standard InChI is InChI=1S/C16H25N3O/c1-12-5-3-4-6-15(12)13(2)18-16(20)11-19-8-7-14(9-17)10-19/h3-6,13-14H,7-11,17H2,1-2H3,(H,18,20). The summed E-state index contributed by atoms with van der Waals surface area (Å²) >= 11 is 0. The third-order valence-electron chi connectivity index (χ3n) is 4.10. The summed E-state index contributed by atoms with van der Waals surface area (Å²) in [4.78, 5) is 14.3. The monoisotopic (exact) mass is 275 g/mol. The first-order chi connectivity index (χ1) is 9.60. The van der Waals surface area contributed by atoms with Crippen LogP contribution in [0, 0.1) is 12.8 Å². The van der Waals surface area contributed by atoms with E-state index in [0.29, 0.717) is 12.5 Å². The van der Waals surface area contributed by atoms with Gasteiger partial charge in [-0.05, 0) is 50.4 Å². The third kappa shape index (κ3) is 3.81. The minimum Gasteiger partial charge on any atom is -0.348 e. The second-order valence-electron chi connectivity index (χ2n) is 5.77. The lowest BCUT2D eigenvalue weighted by Gasteiger charge is -2.20. The van der Waals surface area contributed by atoms with Crippen molar-refractivity contribution in [1.82, 2.24) is 10.2 Å². The van der Waals surface area contributed by atoms with Crippen LogP contribution in [0.15, 0.2) is 24.3 Å². The van der Waals surface area contributed by atoms with Crippen LogP contribution in [0.2, 0.25) is 0 Å². The van der Waals surface area contributed by atoms with Gasteiger partial charge in [0.15, 0.2) is 0 Å². The van der Waals surface area contributed by atoms with Gasteiger partial charge in [-0.25, -0.2) is 0 Å². The number of rotatable bonds is 5. The fourth-order valence-electron chi connectivity index (χ4n) is 2.89. The maximum absolute atomic E-state index is 12.1. The van der Waals surface area contributed by atoms with Crippen LogP contribution in [0.4, 0.5) is 0 Å². The van der Waals surface area contributed by atoms with Crippen LogP contribution < -0.4 is 11.1 Å². The maximum Gasteiger partial charge on any atom is 0.234 e. The van der Waals surface area contributed by atoms with Gasteiger partial charge in [0.1, 0.15) is 0 Å². The lowest BCUT2D eigenvalue weighted by Crippen LogP contribution is -2.37. The predicted octanol–water partition coefficient (Wildman–Crippen LogP) is 1.45. The number of aryl methyl sites for hydroxylation is 1. The molecule has 1 aliphatic rings. The summed E-state index contributed by atoms with van der Waals surface area (Å²) < 4.78 is 0. The second-order valence-corrected chi connectivity index (χ2v) is 5.77. The fraction of sp³-hybridized carbons (Fsp3) is 0.562. The zero-order chi connectivity index (χ0) is 14.5. The van der Waals surface area contributed by atoms with E-state index in [9.17, 15) is 4.79 Å². The quantitative estimate of drug-likeness (QED) is 0.855. The number of benzene rings is 1. The summed E-state index contributed by atoms with van der Waals surface area (Å²) in [6.07, 6.45) is 1.11. The molecule has 1 aromatic rings. The molecule has 1 fully saturated rings. The van der Waals surface area contributed by atoms with Gasteiger partial charge in [-0.3, -0.25) is 9.69 Å². The molecular weight excluding hydrogens is 250 g/mol. The van der Waals surface area contributed by atoms with Crippen LogP contribution in [0.5, 0.6) is 0 Å². The van der Waals surface area contributed by atoms with E-state index in [1.54, 1.807) is 0 Å². The molecule has 2 rings (SSSR count). The lowest BCUT2D eigenvalue weighted by molar-refractivity contribution is -0.122. The van der Waals surface area contributed by atoms with Crippen molar-refractivity contribution in [3.8, 4) is 0 Å². The molecule has 1 aromatic carbocycles. The lowest BCUT2D eigenvalue weighted by atomic mass is 10.0. The number of carbonyl (C=O) groups excluding carboxylic acids is 1. The molecule has 0 radical (unpaired) electrons. The zero-order valence-corrected chi connectivity index (χ0v) is 12.4. The molecule has 1 amide bonds. The van der Waals surface area contributed by atoms with E-state index in [1.165, 1.54) is 11.1 Å². The number of hydrogen-bond donors (Lipinski definition) is 2. The molecular formula is C16H25N3O. The van der Waals surface area contributed by atoms with E-state index in [0.717, 1.165) is 26.1 Å². The molecule has 0 saturated carbocycles. The molecule has 20 heavy (non-hydrogen) atoms. The molecule has 110 valence electrons. The highest BCUT2D eigenvalue weighted by molar-refractivity contribution is 5.78. The van der Waals surface area contributed by atoms with Crippen molar-refractivity contribution < 1.29 is 4.79 Å². The number of nitrogens with zero attached hydrogens (tertiary/aromatic N) is 1. The highest BCUT2D eigenvalue weighted by Gasteiger charge is 2.23. The Labute approximate surface area is 121 Å². The van der Waals surface area contributed by atoms with Crippen LogP contribution in [-0.2, 0) is 4.79 Å². The van der Waals surface area contributed by atoms with Crippen LogP contribution >= 0.6 is 0 Å². The minimum absolute atomic E-state index is 0.0524. The molecule has 0 bridgehead atoms. The summed E-state index contributed by atoms with van der Waals surface area (Å²) in [5, 5.41) is 3.08. The van der Waals surface area contributed by atoms with Crippen molar-refractivity contribution in [2.45, 2.75) is 26.3 Å². The average Bonchev–Trinajstić information content (AvgIpc) is 2.86. The molecule has 1 aliphatic heterocycles. The molecule has 4 nitrogen and oxygen atoms in total. The number of likely N-dealkylation sites (tertiary alicyclic amines) is 1. The first-order valence-electron chi connectivity index (χ1n) is 7.37. The zero-order valence-electron chi connectivity index (χ0n) is 12.4. The summed E-state index contributed by atoms with van der Waals surface area (Å²) in [7, 11) is 0. The van der Waals surface area contributed by atoms with Crippen LogP contribution in [0.25, 0.3) is 0 Å². The number of hydrogen-bond acceptors (Lipinski definition) is 3. The van der Waals surface area contributed by atoms with Gasteiger partial charge in [0.25, 0.3) is 0 Å². The SMILES string of the molecule is Cc1ccccc1C(C)NC(=O)CN1CCC(CN)C1. The molecule has 2 unspecified atom stereocenters. The summed E-state index contributed by atoms with van der Waals surface area (Å²) in [5.74, 6) is 0.648. The molecule has 4 heteroatoms. The number of nitrogens with two attached hydrogens (primary N) is 1. The normalized spacial score (nSPS) is 20.9. The highest BCUT2D eigenvalue weighted by Crippen LogP contribution is 2.17. The van der Waals surface area contributed by atoms with Crippen LogP contribution in [0.1, 0.15) is 30.5 Å². The summed E-state index contributed by atoms with van der Waals surface area (Å²) in [6.45, 7) is 7.23.